The summed E-state index contributed by atoms with van der Waals surface area (Å²) < 4.78 is 0. The number of rotatable bonds is 1. The Kier molecular flexibility index (Phi) is 2.08. The molecular formula is C8H7N2O2+. The summed E-state index contributed by atoms with van der Waals surface area (Å²) in [7, 11) is 0. The van der Waals surface area contributed by atoms with E-state index in [9.17, 15) is 4.79 Å². The molecule has 0 saturated carbocycles. The smallest absolute Gasteiger partial charge is 0.341 e. The maximum atomic E-state index is 10.7. The SMILES string of the molecule is N#Cc1cc(C([NH3+])=O)ccc1O. The lowest BCUT2D eigenvalue weighted by Gasteiger charge is -1.95. The van der Waals surface area contributed by atoms with Crippen molar-refractivity contribution < 1.29 is 15.6 Å². The lowest BCUT2D eigenvalue weighted by Crippen LogP contribution is -2.56. The largest absolute Gasteiger partial charge is 0.507 e. The minimum atomic E-state index is -0.369. The van der Waals surface area contributed by atoms with Crippen LogP contribution in [0.15, 0.2) is 18.2 Å². The third kappa shape index (κ3) is 1.41. The number of carbonyl (C=O) groups excluding carboxylic acids is 1. The number of benzene rings is 1. The second-order valence-electron chi connectivity index (χ2n) is 2.27. The lowest BCUT2D eigenvalue weighted by molar-refractivity contribution is -0.255. The fraction of sp³-hybridized carbons (Fsp3) is 0. The molecule has 0 aliphatic carbocycles. The first-order valence-electron chi connectivity index (χ1n) is 3.24. The molecule has 4 heteroatoms. The van der Waals surface area contributed by atoms with Crippen molar-refractivity contribution in [3.63, 3.8) is 0 Å². The Labute approximate surface area is 68.8 Å². The van der Waals surface area contributed by atoms with Crippen molar-refractivity contribution >= 4 is 5.91 Å². The van der Waals surface area contributed by atoms with Gasteiger partial charge in [-0.15, -0.1) is 0 Å². The predicted molar refractivity (Wildman–Crippen MR) is 40.0 cm³/mol. The van der Waals surface area contributed by atoms with Crippen molar-refractivity contribution in [2.24, 2.45) is 0 Å². The van der Waals surface area contributed by atoms with E-state index in [2.05, 4.69) is 5.73 Å². The number of hydrogen-bond acceptors (Lipinski definition) is 3. The maximum Gasteiger partial charge on any atom is 0.341 e. The van der Waals surface area contributed by atoms with Gasteiger partial charge in [-0.05, 0) is 18.2 Å². The van der Waals surface area contributed by atoms with Crippen LogP contribution in [0.3, 0.4) is 0 Å². The van der Waals surface area contributed by atoms with Gasteiger partial charge in [0.15, 0.2) is 0 Å². The Morgan fingerprint density at radius 1 is 1.58 bits per heavy atom. The minimum Gasteiger partial charge on any atom is -0.507 e. The normalized spacial score (nSPS) is 9.00. The van der Waals surface area contributed by atoms with E-state index in [1.54, 1.807) is 6.07 Å². The molecule has 0 unspecified atom stereocenters. The molecule has 1 amide bonds. The van der Waals surface area contributed by atoms with Crippen LogP contribution in [-0.4, -0.2) is 11.0 Å². The Bertz CT molecular complexity index is 366. The van der Waals surface area contributed by atoms with E-state index in [0.29, 0.717) is 5.56 Å². The first kappa shape index (κ1) is 8.24. The van der Waals surface area contributed by atoms with Crippen molar-refractivity contribution in [3.05, 3.63) is 29.3 Å². The number of phenols is 1. The van der Waals surface area contributed by atoms with E-state index in [1.807, 2.05) is 0 Å². The summed E-state index contributed by atoms with van der Waals surface area (Å²) in [6, 6.07) is 5.80. The van der Waals surface area contributed by atoms with Crippen molar-refractivity contribution in [2.75, 3.05) is 0 Å². The molecule has 0 saturated heterocycles. The number of quaternary nitrogens is 1. The zero-order valence-electron chi connectivity index (χ0n) is 6.24. The summed E-state index contributed by atoms with van der Waals surface area (Å²) in [5.41, 5.74) is 3.59. The molecule has 60 valence electrons. The van der Waals surface area contributed by atoms with Gasteiger partial charge in [-0.3, -0.25) is 5.73 Å². The molecule has 1 rings (SSSR count). The Balaban J connectivity index is 3.25. The number of carbonyl (C=O) groups is 1. The van der Waals surface area contributed by atoms with Crippen molar-refractivity contribution in [1.82, 2.24) is 0 Å². The van der Waals surface area contributed by atoms with Crippen LogP contribution in [0.2, 0.25) is 0 Å². The summed E-state index contributed by atoms with van der Waals surface area (Å²) >= 11 is 0. The molecule has 0 bridgehead atoms. The molecule has 0 radical (unpaired) electrons. The topological polar surface area (TPSA) is 88.7 Å². The second kappa shape index (κ2) is 3.03. The summed E-state index contributed by atoms with van der Waals surface area (Å²) in [6.45, 7) is 0. The summed E-state index contributed by atoms with van der Waals surface area (Å²) in [5, 5.41) is 17.5. The molecule has 12 heavy (non-hydrogen) atoms. The standard InChI is InChI=1S/C8H6N2O2/c9-4-6-3-5(8(10)12)1-2-7(6)11/h1-3,11H,(H2,10,12)/p+1. The average Bonchev–Trinajstić information content (AvgIpc) is 2.05. The molecule has 0 aromatic heterocycles. The van der Waals surface area contributed by atoms with Gasteiger partial charge in [0.1, 0.15) is 11.8 Å². The molecule has 1 aromatic carbocycles. The highest BCUT2D eigenvalue weighted by atomic mass is 16.3. The minimum absolute atomic E-state index is 0.0875. The van der Waals surface area contributed by atoms with Crippen molar-refractivity contribution in [1.29, 1.82) is 5.26 Å². The Morgan fingerprint density at radius 2 is 2.25 bits per heavy atom. The van der Waals surface area contributed by atoms with Gasteiger partial charge in [-0.2, -0.15) is 5.26 Å². The third-order valence-electron chi connectivity index (χ3n) is 1.44. The van der Waals surface area contributed by atoms with Gasteiger partial charge in [-0.25, -0.2) is 4.79 Å². The fourth-order valence-corrected chi connectivity index (χ4v) is 0.799. The van der Waals surface area contributed by atoms with Gasteiger partial charge in [0, 0.05) is 0 Å². The number of amides is 1. The molecule has 1 aromatic rings. The molecule has 4 nitrogen and oxygen atoms in total. The monoisotopic (exact) mass is 163 g/mol. The predicted octanol–water partition coefficient (Wildman–Crippen LogP) is -0.354. The molecule has 0 atom stereocenters. The van der Waals surface area contributed by atoms with Crippen LogP contribution in [0.5, 0.6) is 5.75 Å². The van der Waals surface area contributed by atoms with E-state index >= 15 is 0 Å². The van der Waals surface area contributed by atoms with Crippen LogP contribution in [0.25, 0.3) is 0 Å². The number of aromatic hydroxyl groups is 1. The number of nitrogens with zero attached hydrogens (tertiary/aromatic N) is 1. The molecule has 0 aliphatic rings. The van der Waals surface area contributed by atoms with Gasteiger partial charge in [0.25, 0.3) is 0 Å². The van der Waals surface area contributed by atoms with Crippen LogP contribution >= 0.6 is 0 Å². The zero-order valence-corrected chi connectivity index (χ0v) is 6.24. The van der Waals surface area contributed by atoms with E-state index in [1.165, 1.54) is 18.2 Å². The number of hydrogen-bond donors (Lipinski definition) is 2. The van der Waals surface area contributed by atoms with Gasteiger partial charge >= 0.3 is 5.91 Å². The number of phenolic OH excluding ortho intramolecular Hbond substituents is 1. The van der Waals surface area contributed by atoms with Crippen LogP contribution < -0.4 is 5.73 Å². The highest BCUT2D eigenvalue weighted by Gasteiger charge is 2.07. The van der Waals surface area contributed by atoms with Gasteiger partial charge in [-0.1, -0.05) is 0 Å². The van der Waals surface area contributed by atoms with Crippen molar-refractivity contribution in [2.45, 2.75) is 0 Å². The average molecular weight is 163 g/mol. The van der Waals surface area contributed by atoms with Gasteiger partial charge in [0.05, 0.1) is 11.1 Å². The molecule has 0 aliphatic heterocycles. The van der Waals surface area contributed by atoms with Crippen LogP contribution in [0, 0.1) is 11.3 Å². The quantitative estimate of drug-likeness (QED) is 0.592. The molecule has 0 spiro atoms. The zero-order chi connectivity index (χ0) is 9.14. The number of nitriles is 1. The first-order chi connectivity index (χ1) is 5.65. The van der Waals surface area contributed by atoms with E-state index in [4.69, 9.17) is 10.4 Å². The van der Waals surface area contributed by atoms with E-state index in [0.717, 1.165) is 0 Å². The van der Waals surface area contributed by atoms with Crippen LogP contribution in [0.1, 0.15) is 15.9 Å². The Morgan fingerprint density at radius 3 is 2.75 bits per heavy atom. The fourth-order valence-electron chi connectivity index (χ4n) is 0.799. The highest BCUT2D eigenvalue weighted by Crippen LogP contribution is 2.16. The van der Waals surface area contributed by atoms with E-state index in [-0.39, 0.29) is 17.2 Å². The highest BCUT2D eigenvalue weighted by molar-refractivity contribution is 5.86. The van der Waals surface area contributed by atoms with Crippen LogP contribution in [0.4, 0.5) is 0 Å². The van der Waals surface area contributed by atoms with Gasteiger partial charge in [0.2, 0.25) is 0 Å². The van der Waals surface area contributed by atoms with Crippen LogP contribution in [-0.2, 0) is 0 Å². The first-order valence-corrected chi connectivity index (χ1v) is 3.24. The molecular weight excluding hydrogens is 156 g/mol. The second-order valence-corrected chi connectivity index (χ2v) is 2.27. The molecule has 4 N–H and O–H groups in total. The Hall–Kier alpha value is -1.86. The lowest BCUT2D eigenvalue weighted by atomic mass is 10.1. The molecule has 0 fully saturated rings. The maximum absolute atomic E-state index is 10.7. The van der Waals surface area contributed by atoms with Crippen molar-refractivity contribution in [3.8, 4) is 11.8 Å². The molecule has 0 heterocycles. The van der Waals surface area contributed by atoms with Gasteiger partial charge < -0.3 is 5.11 Å². The third-order valence-corrected chi connectivity index (χ3v) is 1.44. The summed E-state index contributed by atoms with van der Waals surface area (Å²) in [5.74, 6) is -0.492. The van der Waals surface area contributed by atoms with E-state index < -0.39 is 0 Å². The summed E-state index contributed by atoms with van der Waals surface area (Å²) in [4.78, 5) is 10.7. The summed E-state index contributed by atoms with van der Waals surface area (Å²) in [6.07, 6.45) is 0.